The number of nitrogens with zero attached hydrogens (tertiary/aromatic N) is 1. The second-order valence-corrected chi connectivity index (χ2v) is 5.65. The molecule has 15 heavy (non-hydrogen) atoms. The Hall–Kier alpha value is -1.20. The summed E-state index contributed by atoms with van der Waals surface area (Å²) in [4.78, 5) is 17.5. The van der Waals surface area contributed by atoms with Crippen LogP contribution in [-0.4, -0.2) is 16.1 Å². The maximum absolute atomic E-state index is 10.7. The molecule has 2 rings (SSSR count). The molecule has 78 valence electrons. The van der Waals surface area contributed by atoms with Crippen LogP contribution in [0.2, 0.25) is 0 Å². The van der Waals surface area contributed by atoms with Gasteiger partial charge in [-0.15, -0.1) is 22.7 Å². The van der Waals surface area contributed by atoms with Crippen LogP contribution < -0.4 is 0 Å². The quantitative estimate of drug-likeness (QED) is 0.875. The van der Waals surface area contributed by atoms with Crippen LogP contribution in [0.5, 0.6) is 0 Å². The Balaban J connectivity index is 2.45. The Labute approximate surface area is 95.0 Å². The van der Waals surface area contributed by atoms with Gasteiger partial charge in [-0.1, -0.05) is 0 Å². The molecule has 3 nitrogen and oxygen atoms in total. The van der Waals surface area contributed by atoms with Crippen molar-refractivity contribution in [1.29, 1.82) is 0 Å². The van der Waals surface area contributed by atoms with Crippen molar-refractivity contribution in [1.82, 2.24) is 4.98 Å². The summed E-state index contributed by atoms with van der Waals surface area (Å²) in [6.45, 7) is 4.06. The van der Waals surface area contributed by atoms with Gasteiger partial charge in [0.05, 0.1) is 6.20 Å². The zero-order valence-electron chi connectivity index (χ0n) is 8.27. The summed E-state index contributed by atoms with van der Waals surface area (Å²) in [5, 5.41) is 9.58. The molecule has 5 heteroatoms. The minimum absolute atomic E-state index is 0.285. The molecule has 1 N–H and O–H groups in total. The minimum atomic E-state index is -0.914. The molecular weight excluding hydrogens is 230 g/mol. The molecule has 0 saturated heterocycles. The van der Waals surface area contributed by atoms with Gasteiger partial charge in [0.2, 0.25) is 0 Å². The average Bonchev–Trinajstić information content (AvgIpc) is 2.71. The molecule has 2 aromatic heterocycles. The molecule has 0 aliphatic carbocycles. The van der Waals surface area contributed by atoms with Crippen LogP contribution in [0.15, 0.2) is 12.3 Å². The van der Waals surface area contributed by atoms with Crippen molar-refractivity contribution in [2.24, 2.45) is 0 Å². The van der Waals surface area contributed by atoms with E-state index in [1.807, 2.05) is 19.9 Å². The van der Waals surface area contributed by atoms with E-state index in [1.54, 1.807) is 11.3 Å². The van der Waals surface area contributed by atoms with Crippen molar-refractivity contribution in [3.63, 3.8) is 0 Å². The lowest BCUT2D eigenvalue weighted by molar-refractivity contribution is 0.0702. The van der Waals surface area contributed by atoms with Gasteiger partial charge in [0.15, 0.2) is 0 Å². The number of aromatic nitrogens is 1. The number of carboxylic acids is 1. The van der Waals surface area contributed by atoms with Crippen molar-refractivity contribution >= 4 is 28.6 Å². The van der Waals surface area contributed by atoms with Gasteiger partial charge in [0.25, 0.3) is 0 Å². The standard InChI is InChI=1S/C10H9NO2S2/c1-5-3-7(6(2)14-5)9-11-4-8(15-9)10(12)13/h3-4H,1-2H3,(H,12,13). The number of carbonyl (C=O) groups is 1. The first-order valence-corrected chi connectivity index (χ1v) is 5.98. The van der Waals surface area contributed by atoms with Crippen LogP contribution in [0.1, 0.15) is 19.4 Å². The van der Waals surface area contributed by atoms with Crippen LogP contribution in [0.4, 0.5) is 0 Å². The molecule has 0 aliphatic heterocycles. The molecule has 2 heterocycles. The highest BCUT2D eigenvalue weighted by atomic mass is 32.1. The molecular formula is C10H9NO2S2. The second kappa shape index (κ2) is 3.75. The molecule has 0 bridgehead atoms. The van der Waals surface area contributed by atoms with Gasteiger partial charge in [-0.05, 0) is 19.9 Å². The van der Waals surface area contributed by atoms with Crippen molar-refractivity contribution in [3.8, 4) is 10.6 Å². The third-order valence-electron chi connectivity index (χ3n) is 1.99. The first-order valence-electron chi connectivity index (χ1n) is 4.34. The predicted molar refractivity (Wildman–Crippen MR) is 61.9 cm³/mol. The van der Waals surface area contributed by atoms with E-state index in [4.69, 9.17) is 5.11 Å². The fourth-order valence-corrected chi connectivity index (χ4v) is 3.16. The highest BCUT2D eigenvalue weighted by Crippen LogP contribution is 2.33. The molecule has 0 radical (unpaired) electrons. The summed E-state index contributed by atoms with van der Waals surface area (Å²) < 4.78 is 0. The summed E-state index contributed by atoms with van der Waals surface area (Å²) >= 11 is 2.92. The maximum Gasteiger partial charge on any atom is 0.347 e. The molecule has 0 fully saturated rings. The van der Waals surface area contributed by atoms with Gasteiger partial charge < -0.3 is 5.11 Å². The molecule has 2 aromatic rings. The van der Waals surface area contributed by atoms with E-state index in [0.717, 1.165) is 10.6 Å². The van der Waals surface area contributed by atoms with Gasteiger partial charge >= 0.3 is 5.97 Å². The largest absolute Gasteiger partial charge is 0.477 e. The topological polar surface area (TPSA) is 50.2 Å². The first kappa shape index (κ1) is 10.3. The zero-order valence-corrected chi connectivity index (χ0v) is 9.91. The number of aryl methyl sites for hydroxylation is 2. The summed E-state index contributed by atoms with van der Waals surface area (Å²) in [6, 6.07) is 2.05. The van der Waals surface area contributed by atoms with Crippen LogP contribution in [0, 0.1) is 13.8 Å². The Morgan fingerprint density at radius 2 is 2.13 bits per heavy atom. The van der Waals surface area contributed by atoms with E-state index in [9.17, 15) is 4.79 Å². The van der Waals surface area contributed by atoms with Crippen LogP contribution >= 0.6 is 22.7 Å². The first-order chi connectivity index (χ1) is 7.08. The molecule has 0 spiro atoms. The fraction of sp³-hybridized carbons (Fsp3) is 0.200. The van der Waals surface area contributed by atoms with Gasteiger partial charge in [-0.2, -0.15) is 0 Å². The van der Waals surface area contributed by atoms with Gasteiger partial charge in [-0.25, -0.2) is 9.78 Å². The van der Waals surface area contributed by atoms with Crippen molar-refractivity contribution < 1.29 is 9.90 Å². The van der Waals surface area contributed by atoms with E-state index >= 15 is 0 Å². The predicted octanol–water partition coefficient (Wildman–Crippen LogP) is 3.19. The fourth-order valence-electron chi connectivity index (χ4n) is 1.34. The Kier molecular flexibility index (Phi) is 2.58. The smallest absolute Gasteiger partial charge is 0.347 e. The van der Waals surface area contributed by atoms with E-state index in [2.05, 4.69) is 4.98 Å². The number of hydrogen-bond acceptors (Lipinski definition) is 4. The SMILES string of the molecule is Cc1cc(-c2ncc(C(=O)O)s2)c(C)s1. The molecule has 0 amide bonds. The number of hydrogen-bond donors (Lipinski definition) is 1. The number of rotatable bonds is 2. The second-order valence-electron chi connectivity index (χ2n) is 3.16. The number of thiophene rings is 1. The Morgan fingerprint density at radius 3 is 2.60 bits per heavy atom. The zero-order chi connectivity index (χ0) is 11.0. The van der Waals surface area contributed by atoms with E-state index in [-0.39, 0.29) is 4.88 Å². The normalized spacial score (nSPS) is 10.5. The highest BCUT2D eigenvalue weighted by molar-refractivity contribution is 7.17. The van der Waals surface area contributed by atoms with Crippen LogP contribution in [0.3, 0.4) is 0 Å². The lowest BCUT2D eigenvalue weighted by Crippen LogP contribution is -1.89. The Morgan fingerprint density at radius 1 is 1.40 bits per heavy atom. The van der Waals surface area contributed by atoms with Crippen LogP contribution in [-0.2, 0) is 0 Å². The highest BCUT2D eigenvalue weighted by Gasteiger charge is 2.13. The van der Waals surface area contributed by atoms with E-state index in [0.29, 0.717) is 0 Å². The summed E-state index contributed by atoms with van der Waals surface area (Å²) in [5.41, 5.74) is 1.05. The van der Waals surface area contributed by atoms with Crippen molar-refractivity contribution in [2.75, 3.05) is 0 Å². The summed E-state index contributed by atoms with van der Waals surface area (Å²) in [5.74, 6) is -0.914. The van der Waals surface area contributed by atoms with Crippen LogP contribution in [0.25, 0.3) is 10.6 Å². The van der Waals surface area contributed by atoms with E-state index in [1.165, 1.54) is 27.3 Å². The lowest BCUT2D eigenvalue weighted by atomic mass is 10.2. The van der Waals surface area contributed by atoms with Gasteiger partial charge in [0.1, 0.15) is 9.88 Å². The molecule has 0 aliphatic rings. The van der Waals surface area contributed by atoms with Gasteiger partial charge in [0, 0.05) is 15.3 Å². The monoisotopic (exact) mass is 239 g/mol. The number of carboxylic acid groups (broad SMARTS) is 1. The Bertz CT molecular complexity index is 513. The van der Waals surface area contributed by atoms with Gasteiger partial charge in [-0.3, -0.25) is 0 Å². The summed E-state index contributed by atoms with van der Waals surface area (Å²) in [6.07, 6.45) is 1.41. The van der Waals surface area contributed by atoms with Crippen molar-refractivity contribution in [2.45, 2.75) is 13.8 Å². The molecule has 0 saturated carbocycles. The minimum Gasteiger partial charge on any atom is -0.477 e. The van der Waals surface area contributed by atoms with E-state index < -0.39 is 5.97 Å². The third kappa shape index (κ3) is 1.93. The molecule has 0 atom stereocenters. The molecule has 0 unspecified atom stereocenters. The number of thiazole rings is 1. The summed E-state index contributed by atoms with van der Waals surface area (Å²) in [7, 11) is 0. The number of aromatic carboxylic acids is 1. The lowest BCUT2D eigenvalue weighted by Gasteiger charge is -1.91. The molecule has 0 aromatic carbocycles. The average molecular weight is 239 g/mol. The third-order valence-corrected chi connectivity index (χ3v) is 3.97. The van der Waals surface area contributed by atoms with Crippen molar-refractivity contribution in [3.05, 3.63) is 26.9 Å². The maximum atomic E-state index is 10.7.